The first-order valence-corrected chi connectivity index (χ1v) is 12.6. The van der Waals surface area contributed by atoms with Crippen molar-refractivity contribution in [3.8, 4) is 11.1 Å². The van der Waals surface area contributed by atoms with Crippen molar-refractivity contribution in [3.05, 3.63) is 63.3 Å². The van der Waals surface area contributed by atoms with Crippen LogP contribution < -0.4 is 10.6 Å². The van der Waals surface area contributed by atoms with Gasteiger partial charge in [0.2, 0.25) is 5.91 Å². The van der Waals surface area contributed by atoms with E-state index in [9.17, 15) is 14.0 Å². The lowest BCUT2D eigenvalue weighted by Crippen LogP contribution is -2.54. The summed E-state index contributed by atoms with van der Waals surface area (Å²) in [5.74, 6) is 0.636. The van der Waals surface area contributed by atoms with Crippen LogP contribution in [0.15, 0.2) is 46.6 Å². The van der Waals surface area contributed by atoms with Crippen molar-refractivity contribution < 1.29 is 9.18 Å². The molecule has 3 aromatic rings. The Morgan fingerprint density at radius 2 is 2.03 bits per heavy atom. The Morgan fingerprint density at radius 3 is 2.74 bits per heavy atom. The van der Waals surface area contributed by atoms with Gasteiger partial charge in [0.25, 0.3) is 0 Å². The minimum atomic E-state index is -0.458. The van der Waals surface area contributed by atoms with Crippen LogP contribution in [-0.4, -0.2) is 51.8 Å². The van der Waals surface area contributed by atoms with Crippen molar-refractivity contribution in [2.24, 2.45) is 0 Å². The van der Waals surface area contributed by atoms with Crippen LogP contribution in [-0.2, 0) is 11.3 Å². The second-order valence-corrected chi connectivity index (χ2v) is 10.3. The monoisotopic (exact) mass is 518 g/mol. The highest BCUT2D eigenvalue weighted by atomic mass is 35.5. The number of aromatic nitrogens is 2. The molecule has 0 radical (unpaired) electrons. The van der Waals surface area contributed by atoms with E-state index in [1.54, 1.807) is 33.4 Å². The van der Waals surface area contributed by atoms with Gasteiger partial charge < -0.3 is 9.80 Å². The van der Waals surface area contributed by atoms with Crippen molar-refractivity contribution in [2.75, 3.05) is 30.3 Å². The van der Waals surface area contributed by atoms with Crippen LogP contribution in [0.5, 0.6) is 0 Å². The molecule has 0 bridgehead atoms. The summed E-state index contributed by atoms with van der Waals surface area (Å²) in [6, 6.07) is 6.04. The molecule has 0 aliphatic carbocycles. The molecule has 2 aliphatic heterocycles. The third kappa shape index (κ3) is 3.87. The first-order chi connectivity index (χ1) is 16.3. The van der Waals surface area contributed by atoms with Crippen molar-refractivity contribution >= 4 is 57.6 Å². The van der Waals surface area contributed by atoms with E-state index in [1.165, 1.54) is 18.2 Å². The summed E-state index contributed by atoms with van der Waals surface area (Å²) < 4.78 is 15.8. The maximum absolute atomic E-state index is 14.2. The largest absolute Gasteiger partial charge is 0.350 e. The van der Waals surface area contributed by atoms with Crippen molar-refractivity contribution in [3.63, 3.8) is 0 Å². The predicted octanol–water partition coefficient (Wildman–Crippen LogP) is 4.84. The van der Waals surface area contributed by atoms with E-state index < -0.39 is 5.82 Å². The van der Waals surface area contributed by atoms with E-state index in [1.807, 2.05) is 11.8 Å². The molecule has 5 rings (SSSR count). The molecule has 0 N–H and O–H groups in total. The van der Waals surface area contributed by atoms with Crippen LogP contribution in [0, 0.1) is 5.82 Å². The molecule has 1 amide bonds. The molecular formula is C24H21Cl2FN4O2S. The van der Waals surface area contributed by atoms with Crippen LogP contribution in [0.3, 0.4) is 0 Å². The topological polar surface area (TPSA) is 58.4 Å². The van der Waals surface area contributed by atoms with Gasteiger partial charge in [-0.3, -0.25) is 9.36 Å². The second-order valence-electron chi connectivity index (χ2n) is 8.37. The van der Waals surface area contributed by atoms with Gasteiger partial charge in [-0.2, -0.15) is 4.98 Å². The zero-order valence-electron chi connectivity index (χ0n) is 18.4. The van der Waals surface area contributed by atoms with Crippen LogP contribution in [0.4, 0.5) is 10.2 Å². The highest BCUT2D eigenvalue weighted by Gasteiger charge is 2.31. The van der Waals surface area contributed by atoms with E-state index in [0.717, 1.165) is 15.8 Å². The number of thioether (sulfide) groups is 1. The fourth-order valence-electron chi connectivity index (χ4n) is 4.74. The summed E-state index contributed by atoms with van der Waals surface area (Å²) >= 11 is 14.5. The fraction of sp³-hybridized carbons (Fsp3) is 0.292. The Morgan fingerprint density at radius 1 is 1.24 bits per heavy atom. The van der Waals surface area contributed by atoms with Gasteiger partial charge in [0.15, 0.2) is 0 Å². The normalized spacial score (nSPS) is 17.8. The maximum atomic E-state index is 14.2. The number of amides is 1. The van der Waals surface area contributed by atoms with Gasteiger partial charge in [0.1, 0.15) is 11.6 Å². The lowest BCUT2D eigenvalue weighted by molar-refractivity contribution is -0.126. The average molecular weight is 519 g/mol. The molecule has 10 heteroatoms. The molecule has 176 valence electrons. The number of carbonyl (C=O) groups is 1. The van der Waals surface area contributed by atoms with Crippen LogP contribution >= 0.6 is 35.0 Å². The van der Waals surface area contributed by atoms with Crippen LogP contribution in [0.2, 0.25) is 10.0 Å². The minimum Gasteiger partial charge on any atom is -0.350 e. The molecule has 1 atom stereocenters. The summed E-state index contributed by atoms with van der Waals surface area (Å²) in [6.07, 6.45) is 1.31. The Bertz CT molecular complexity index is 1390. The SMILES string of the molecule is C=CC(=O)N1CCN(c2nc(=O)n3c4c(c(-c5cc(F)cc(Cl)c5)c(Cl)cc24)SCC3)[C@@H](C)C1. The Balaban J connectivity index is 1.71. The van der Waals surface area contributed by atoms with Gasteiger partial charge in [-0.05, 0) is 42.8 Å². The lowest BCUT2D eigenvalue weighted by atomic mass is 10.0. The number of anilines is 1. The molecule has 0 unspecified atom stereocenters. The highest BCUT2D eigenvalue weighted by Crippen LogP contribution is 2.46. The fourth-order valence-corrected chi connectivity index (χ4v) is 6.53. The number of halogens is 3. The maximum Gasteiger partial charge on any atom is 0.350 e. The smallest absolute Gasteiger partial charge is 0.350 e. The quantitative estimate of drug-likeness (QED) is 0.464. The predicted molar refractivity (Wildman–Crippen MR) is 136 cm³/mol. The van der Waals surface area contributed by atoms with Gasteiger partial charge in [0.05, 0.1) is 10.5 Å². The molecule has 1 fully saturated rings. The average Bonchev–Trinajstić information content (AvgIpc) is 2.80. The van der Waals surface area contributed by atoms with Crippen molar-refractivity contribution in [2.45, 2.75) is 24.4 Å². The van der Waals surface area contributed by atoms with E-state index in [4.69, 9.17) is 23.2 Å². The molecule has 0 saturated carbocycles. The molecule has 1 saturated heterocycles. The molecule has 2 aliphatic rings. The Labute approximate surface area is 210 Å². The van der Waals surface area contributed by atoms with Gasteiger partial charge in [-0.15, -0.1) is 11.8 Å². The number of hydrogen-bond acceptors (Lipinski definition) is 5. The number of hydrogen-bond donors (Lipinski definition) is 0. The lowest BCUT2D eigenvalue weighted by Gasteiger charge is -2.40. The Hall–Kier alpha value is -2.55. The highest BCUT2D eigenvalue weighted by molar-refractivity contribution is 7.99. The first kappa shape index (κ1) is 23.2. The van der Waals surface area contributed by atoms with Gasteiger partial charge in [-0.1, -0.05) is 29.8 Å². The number of benzene rings is 2. The van der Waals surface area contributed by atoms with Crippen molar-refractivity contribution in [1.82, 2.24) is 14.5 Å². The molecule has 3 heterocycles. The van der Waals surface area contributed by atoms with Crippen LogP contribution in [0.25, 0.3) is 22.0 Å². The van der Waals surface area contributed by atoms with Gasteiger partial charge >= 0.3 is 5.69 Å². The number of piperazine rings is 1. The van der Waals surface area contributed by atoms with E-state index >= 15 is 0 Å². The summed E-state index contributed by atoms with van der Waals surface area (Å²) in [5.41, 5.74) is 1.61. The molecule has 6 nitrogen and oxygen atoms in total. The molecule has 0 spiro atoms. The van der Waals surface area contributed by atoms with E-state index in [2.05, 4.69) is 11.6 Å². The summed E-state index contributed by atoms with van der Waals surface area (Å²) in [7, 11) is 0. The third-order valence-corrected chi connectivity index (χ3v) is 7.84. The molecule has 1 aromatic heterocycles. The standard InChI is InChI=1S/C24H21Cl2FN4O2S/c1-3-19(32)29-4-5-30(13(2)12-29)23-17-11-18(26)20(14-8-15(25)10-16(27)9-14)22-21(17)31(6-7-34-22)24(33)28-23/h3,8-11,13H,1,4-7,12H2,2H3/t13-/m0/s1. The van der Waals surface area contributed by atoms with E-state index in [0.29, 0.717) is 53.9 Å². The summed E-state index contributed by atoms with van der Waals surface area (Å²) in [5, 5.41) is 1.46. The number of nitrogens with zero attached hydrogens (tertiary/aromatic N) is 4. The summed E-state index contributed by atoms with van der Waals surface area (Å²) in [6.45, 7) is 7.59. The van der Waals surface area contributed by atoms with Crippen molar-refractivity contribution in [1.29, 1.82) is 0 Å². The van der Waals surface area contributed by atoms with Crippen LogP contribution in [0.1, 0.15) is 6.92 Å². The first-order valence-electron chi connectivity index (χ1n) is 10.8. The number of aryl methyl sites for hydroxylation is 1. The second kappa shape index (κ2) is 8.91. The summed E-state index contributed by atoms with van der Waals surface area (Å²) in [4.78, 5) is 34.2. The molecule has 34 heavy (non-hydrogen) atoms. The molecular weight excluding hydrogens is 498 g/mol. The zero-order chi connectivity index (χ0) is 24.1. The van der Waals surface area contributed by atoms with E-state index in [-0.39, 0.29) is 22.7 Å². The number of rotatable bonds is 3. The van der Waals surface area contributed by atoms with Gasteiger partial charge in [-0.25, -0.2) is 9.18 Å². The zero-order valence-corrected chi connectivity index (χ0v) is 20.7. The minimum absolute atomic E-state index is 0.0666. The molecule has 2 aromatic carbocycles. The number of carbonyl (C=O) groups excluding carboxylic acids is 1. The Kier molecular flexibility index (Phi) is 6.08. The van der Waals surface area contributed by atoms with Gasteiger partial charge in [0, 0.05) is 58.8 Å². The third-order valence-electron chi connectivity index (χ3n) is 6.25.